The van der Waals surface area contributed by atoms with E-state index in [9.17, 15) is 13.2 Å². The minimum absolute atomic E-state index is 0.0498. The van der Waals surface area contributed by atoms with Crippen molar-refractivity contribution in [3.8, 4) is 0 Å². The van der Waals surface area contributed by atoms with Crippen LogP contribution < -0.4 is 5.32 Å². The van der Waals surface area contributed by atoms with Crippen LogP contribution in [0.2, 0.25) is 0 Å². The SMILES string of the molecule is CNC(c1cncc(C)c1)c1ccc(F)c(F)c1F. The van der Waals surface area contributed by atoms with E-state index in [4.69, 9.17) is 0 Å². The highest BCUT2D eigenvalue weighted by molar-refractivity contribution is 5.33. The number of hydrogen-bond acceptors (Lipinski definition) is 2. The zero-order valence-electron chi connectivity index (χ0n) is 10.5. The highest BCUT2D eigenvalue weighted by atomic mass is 19.2. The standard InChI is InChI=1S/C14H13F3N2/c1-8-5-9(7-19-6-8)14(18-2)10-3-4-11(15)13(17)12(10)16/h3-7,14,18H,1-2H3. The summed E-state index contributed by atoms with van der Waals surface area (Å²) in [4.78, 5) is 4.02. The molecule has 2 aromatic rings. The van der Waals surface area contributed by atoms with E-state index in [1.165, 1.54) is 6.07 Å². The molecule has 0 bridgehead atoms. The molecular weight excluding hydrogens is 253 g/mol. The number of pyridine rings is 1. The van der Waals surface area contributed by atoms with E-state index in [0.29, 0.717) is 5.56 Å². The first-order valence-corrected chi connectivity index (χ1v) is 5.76. The lowest BCUT2D eigenvalue weighted by atomic mass is 9.98. The summed E-state index contributed by atoms with van der Waals surface area (Å²) in [5, 5.41) is 2.88. The summed E-state index contributed by atoms with van der Waals surface area (Å²) in [6.45, 7) is 1.85. The Morgan fingerprint density at radius 2 is 1.84 bits per heavy atom. The molecule has 0 aliphatic heterocycles. The Morgan fingerprint density at radius 3 is 2.47 bits per heavy atom. The molecule has 0 spiro atoms. The number of aromatic nitrogens is 1. The maximum absolute atomic E-state index is 13.8. The monoisotopic (exact) mass is 266 g/mol. The summed E-state index contributed by atoms with van der Waals surface area (Å²) in [5.74, 6) is -3.84. The molecule has 0 radical (unpaired) electrons. The molecule has 0 aliphatic rings. The van der Waals surface area contributed by atoms with E-state index in [-0.39, 0.29) is 5.56 Å². The van der Waals surface area contributed by atoms with Gasteiger partial charge in [-0.25, -0.2) is 13.2 Å². The highest BCUT2D eigenvalue weighted by Gasteiger charge is 2.21. The maximum Gasteiger partial charge on any atom is 0.194 e. The lowest BCUT2D eigenvalue weighted by Gasteiger charge is -2.18. The van der Waals surface area contributed by atoms with Gasteiger partial charge >= 0.3 is 0 Å². The summed E-state index contributed by atoms with van der Waals surface area (Å²) >= 11 is 0. The van der Waals surface area contributed by atoms with Crippen molar-refractivity contribution < 1.29 is 13.2 Å². The van der Waals surface area contributed by atoms with Gasteiger partial charge in [0, 0.05) is 18.0 Å². The van der Waals surface area contributed by atoms with E-state index in [1.807, 2.05) is 13.0 Å². The van der Waals surface area contributed by atoms with E-state index in [1.54, 1.807) is 19.4 Å². The second kappa shape index (κ2) is 5.40. The molecule has 0 aliphatic carbocycles. The molecule has 1 aromatic heterocycles. The summed E-state index contributed by atoms with van der Waals surface area (Å²) < 4.78 is 40.0. The van der Waals surface area contributed by atoms with Gasteiger partial charge in [-0.15, -0.1) is 0 Å². The first-order valence-electron chi connectivity index (χ1n) is 5.76. The van der Waals surface area contributed by atoms with Crippen LogP contribution in [0.3, 0.4) is 0 Å². The van der Waals surface area contributed by atoms with Crippen LogP contribution in [0.4, 0.5) is 13.2 Å². The molecule has 1 unspecified atom stereocenters. The topological polar surface area (TPSA) is 24.9 Å². The molecule has 1 atom stereocenters. The summed E-state index contributed by atoms with van der Waals surface area (Å²) in [7, 11) is 1.62. The summed E-state index contributed by atoms with van der Waals surface area (Å²) in [6, 6.07) is 3.38. The molecule has 0 saturated heterocycles. The van der Waals surface area contributed by atoms with Crippen molar-refractivity contribution in [3.05, 3.63) is 64.7 Å². The highest BCUT2D eigenvalue weighted by Crippen LogP contribution is 2.26. The number of nitrogens with one attached hydrogen (secondary N) is 1. The maximum atomic E-state index is 13.8. The zero-order chi connectivity index (χ0) is 14.0. The molecule has 100 valence electrons. The molecule has 2 rings (SSSR count). The van der Waals surface area contributed by atoms with Crippen LogP contribution in [0.5, 0.6) is 0 Å². The minimum atomic E-state index is -1.46. The van der Waals surface area contributed by atoms with E-state index in [0.717, 1.165) is 11.6 Å². The Bertz CT molecular complexity index is 599. The van der Waals surface area contributed by atoms with Gasteiger partial charge in [0.05, 0.1) is 6.04 Å². The zero-order valence-corrected chi connectivity index (χ0v) is 10.5. The third kappa shape index (κ3) is 2.61. The van der Waals surface area contributed by atoms with E-state index < -0.39 is 23.5 Å². The molecule has 1 heterocycles. The molecule has 19 heavy (non-hydrogen) atoms. The predicted molar refractivity (Wildman–Crippen MR) is 66.2 cm³/mol. The Balaban J connectivity index is 2.51. The van der Waals surface area contributed by atoms with Crippen molar-refractivity contribution >= 4 is 0 Å². The molecule has 1 N–H and O–H groups in total. The smallest absolute Gasteiger partial charge is 0.194 e. The van der Waals surface area contributed by atoms with Crippen molar-refractivity contribution in [2.45, 2.75) is 13.0 Å². The molecular formula is C14H13F3N2. The molecule has 5 heteroatoms. The fraction of sp³-hybridized carbons (Fsp3) is 0.214. The van der Waals surface area contributed by atoms with Crippen LogP contribution in [0.1, 0.15) is 22.7 Å². The minimum Gasteiger partial charge on any atom is -0.309 e. The number of nitrogens with zero attached hydrogens (tertiary/aromatic N) is 1. The van der Waals surface area contributed by atoms with Gasteiger partial charge in [-0.2, -0.15) is 0 Å². The lowest BCUT2D eigenvalue weighted by Crippen LogP contribution is -2.20. The second-order valence-corrected chi connectivity index (χ2v) is 4.28. The Hall–Kier alpha value is -1.88. The van der Waals surface area contributed by atoms with Crippen molar-refractivity contribution in [1.29, 1.82) is 0 Å². The van der Waals surface area contributed by atoms with Crippen LogP contribution in [-0.4, -0.2) is 12.0 Å². The molecule has 0 saturated carbocycles. The van der Waals surface area contributed by atoms with Gasteiger partial charge in [0.25, 0.3) is 0 Å². The van der Waals surface area contributed by atoms with E-state index >= 15 is 0 Å². The molecule has 1 aromatic carbocycles. The average Bonchev–Trinajstić information content (AvgIpc) is 2.40. The Labute approximate surface area is 109 Å². The Kier molecular flexibility index (Phi) is 3.85. The first kappa shape index (κ1) is 13.5. The fourth-order valence-corrected chi connectivity index (χ4v) is 2.00. The van der Waals surface area contributed by atoms with Crippen molar-refractivity contribution in [2.75, 3.05) is 7.05 Å². The van der Waals surface area contributed by atoms with Crippen LogP contribution in [0.15, 0.2) is 30.6 Å². The average molecular weight is 266 g/mol. The van der Waals surface area contributed by atoms with Gasteiger partial charge in [0.1, 0.15) is 0 Å². The van der Waals surface area contributed by atoms with Gasteiger partial charge in [-0.1, -0.05) is 12.1 Å². The third-order valence-electron chi connectivity index (χ3n) is 2.89. The lowest BCUT2D eigenvalue weighted by molar-refractivity contribution is 0.435. The molecule has 0 amide bonds. The van der Waals surface area contributed by atoms with E-state index in [2.05, 4.69) is 10.3 Å². The predicted octanol–water partition coefficient (Wildman–Crippen LogP) is 3.12. The Morgan fingerprint density at radius 1 is 1.11 bits per heavy atom. The number of rotatable bonds is 3. The second-order valence-electron chi connectivity index (χ2n) is 4.28. The molecule has 2 nitrogen and oxygen atoms in total. The number of halogens is 3. The number of aryl methyl sites for hydroxylation is 1. The van der Waals surface area contributed by atoms with Gasteiger partial charge < -0.3 is 5.32 Å². The van der Waals surface area contributed by atoms with Crippen molar-refractivity contribution in [2.24, 2.45) is 0 Å². The van der Waals surface area contributed by atoms with Gasteiger partial charge in [-0.05, 0) is 31.2 Å². The summed E-state index contributed by atoms with van der Waals surface area (Å²) in [6.07, 6.45) is 3.23. The third-order valence-corrected chi connectivity index (χ3v) is 2.89. The van der Waals surface area contributed by atoms with Crippen LogP contribution in [-0.2, 0) is 0 Å². The van der Waals surface area contributed by atoms with Gasteiger partial charge in [0.15, 0.2) is 17.5 Å². The number of hydrogen-bond donors (Lipinski definition) is 1. The van der Waals surface area contributed by atoms with Crippen LogP contribution in [0, 0.1) is 24.4 Å². The van der Waals surface area contributed by atoms with Crippen molar-refractivity contribution in [1.82, 2.24) is 10.3 Å². The van der Waals surface area contributed by atoms with Crippen molar-refractivity contribution in [3.63, 3.8) is 0 Å². The first-order chi connectivity index (χ1) is 9.04. The molecule has 0 fully saturated rings. The van der Waals surface area contributed by atoms with Crippen LogP contribution in [0.25, 0.3) is 0 Å². The van der Waals surface area contributed by atoms with Crippen LogP contribution >= 0.6 is 0 Å². The quantitative estimate of drug-likeness (QED) is 0.863. The summed E-state index contributed by atoms with van der Waals surface area (Å²) in [5.41, 5.74) is 1.64. The fourth-order valence-electron chi connectivity index (χ4n) is 2.00. The largest absolute Gasteiger partial charge is 0.309 e. The number of benzene rings is 1. The van der Waals surface area contributed by atoms with Gasteiger partial charge in [-0.3, -0.25) is 4.98 Å². The normalized spacial score (nSPS) is 12.5. The van der Waals surface area contributed by atoms with Gasteiger partial charge in [0.2, 0.25) is 0 Å².